The molecular formula is C17H23F3N2. The molecule has 1 heterocycles. The van der Waals surface area contributed by atoms with Gasteiger partial charge in [0, 0.05) is 12.5 Å². The van der Waals surface area contributed by atoms with Crippen LogP contribution in [0.5, 0.6) is 0 Å². The SMILES string of the molecule is C1CCCCC1.Cc1ccc2c(c1)C(N)CC(C(F)(F)F)=N2. The molecule has 2 N–H and O–H groups in total. The number of nitrogens with two attached hydrogens (primary N) is 1. The maximum atomic E-state index is 12.5. The minimum Gasteiger partial charge on any atom is -0.324 e. The second-order valence-corrected chi connectivity index (χ2v) is 6.05. The van der Waals surface area contributed by atoms with Crippen molar-refractivity contribution < 1.29 is 13.2 Å². The second kappa shape index (κ2) is 7.27. The van der Waals surface area contributed by atoms with Gasteiger partial charge in [-0.2, -0.15) is 13.2 Å². The Morgan fingerprint density at radius 2 is 1.59 bits per heavy atom. The molecule has 1 saturated carbocycles. The molecule has 1 aromatic rings. The summed E-state index contributed by atoms with van der Waals surface area (Å²) in [5, 5.41) is 0. The largest absolute Gasteiger partial charge is 0.429 e. The van der Waals surface area contributed by atoms with Crippen LogP contribution in [0, 0.1) is 6.92 Å². The van der Waals surface area contributed by atoms with Gasteiger partial charge < -0.3 is 5.73 Å². The molecule has 1 aliphatic carbocycles. The van der Waals surface area contributed by atoms with Crippen LogP contribution in [0.25, 0.3) is 0 Å². The molecule has 122 valence electrons. The molecule has 0 aromatic heterocycles. The average molecular weight is 312 g/mol. The predicted molar refractivity (Wildman–Crippen MR) is 83.6 cm³/mol. The van der Waals surface area contributed by atoms with E-state index in [2.05, 4.69) is 4.99 Å². The fraction of sp³-hybridized carbons (Fsp3) is 0.588. The number of fused-ring (bicyclic) bond motifs is 1. The number of halogens is 3. The van der Waals surface area contributed by atoms with Crippen molar-refractivity contribution in [3.63, 3.8) is 0 Å². The number of alkyl halides is 3. The first kappa shape index (κ1) is 17.0. The van der Waals surface area contributed by atoms with Gasteiger partial charge in [0.2, 0.25) is 0 Å². The van der Waals surface area contributed by atoms with Crippen molar-refractivity contribution in [3.8, 4) is 0 Å². The maximum Gasteiger partial charge on any atom is 0.429 e. The Hall–Kier alpha value is -1.36. The molecule has 22 heavy (non-hydrogen) atoms. The number of aryl methyl sites for hydroxylation is 1. The Bertz CT molecular complexity index is 520. The molecule has 1 aromatic carbocycles. The third-order valence-electron chi connectivity index (χ3n) is 4.08. The fourth-order valence-electron chi connectivity index (χ4n) is 2.82. The Balaban J connectivity index is 0.000000246. The third kappa shape index (κ3) is 4.57. The van der Waals surface area contributed by atoms with Crippen molar-refractivity contribution in [2.45, 2.75) is 64.1 Å². The van der Waals surface area contributed by atoms with E-state index in [9.17, 15) is 13.2 Å². The van der Waals surface area contributed by atoms with Crippen LogP contribution >= 0.6 is 0 Å². The molecule has 3 rings (SSSR count). The van der Waals surface area contributed by atoms with E-state index in [0.29, 0.717) is 11.3 Å². The van der Waals surface area contributed by atoms with Gasteiger partial charge >= 0.3 is 6.18 Å². The van der Waals surface area contributed by atoms with Crippen LogP contribution in [0.15, 0.2) is 23.2 Å². The van der Waals surface area contributed by atoms with E-state index in [1.807, 2.05) is 6.92 Å². The van der Waals surface area contributed by atoms with E-state index in [1.165, 1.54) is 38.5 Å². The summed E-state index contributed by atoms with van der Waals surface area (Å²) >= 11 is 0. The maximum absolute atomic E-state index is 12.5. The Labute approximate surface area is 129 Å². The summed E-state index contributed by atoms with van der Waals surface area (Å²) in [4.78, 5) is 3.62. The lowest BCUT2D eigenvalue weighted by Crippen LogP contribution is -2.29. The van der Waals surface area contributed by atoms with Gasteiger partial charge in [0.15, 0.2) is 0 Å². The highest BCUT2D eigenvalue weighted by Crippen LogP contribution is 2.36. The molecule has 1 unspecified atom stereocenters. The van der Waals surface area contributed by atoms with Gasteiger partial charge in [-0.3, -0.25) is 0 Å². The summed E-state index contributed by atoms with van der Waals surface area (Å²) in [5.41, 5.74) is 6.92. The number of hydrogen-bond donors (Lipinski definition) is 1. The van der Waals surface area contributed by atoms with Crippen LogP contribution in [0.2, 0.25) is 0 Å². The third-order valence-corrected chi connectivity index (χ3v) is 4.08. The van der Waals surface area contributed by atoms with Crippen molar-refractivity contribution in [2.75, 3.05) is 0 Å². The molecule has 1 aliphatic heterocycles. The minimum atomic E-state index is -4.39. The highest BCUT2D eigenvalue weighted by atomic mass is 19.4. The first-order valence-corrected chi connectivity index (χ1v) is 7.89. The van der Waals surface area contributed by atoms with Crippen LogP contribution in [0.1, 0.15) is 62.1 Å². The number of nitrogens with zero attached hydrogens (tertiary/aromatic N) is 1. The first-order valence-electron chi connectivity index (χ1n) is 7.89. The fourth-order valence-corrected chi connectivity index (χ4v) is 2.82. The first-order chi connectivity index (χ1) is 10.4. The Morgan fingerprint density at radius 3 is 2.09 bits per heavy atom. The molecule has 5 heteroatoms. The molecule has 2 nitrogen and oxygen atoms in total. The van der Waals surface area contributed by atoms with Crippen LogP contribution in [-0.4, -0.2) is 11.9 Å². The zero-order chi connectivity index (χ0) is 16.2. The van der Waals surface area contributed by atoms with E-state index in [1.54, 1.807) is 18.2 Å². The molecule has 0 amide bonds. The van der Waals surface area contributed by atoms with E-state index in [0.717, 1.165) is 5.56 Å². The topological polar surface area (TPSA) is 38.4 Å². The summed E-state index contributed by atoms with van der Waals surface area (Å²) in [6, 6.07) is 4.48. The summed E-state index contributed by atoms with van der Waals surface area (Å²) in [6.45, 7) is 1.87. The van der Waals surface area contributed by atoms with Gasteiger partial charge in [-0.05, 0) is 18.6 Å². The quantitative estimate of drug-likeness (QED) is 0.687. The molecule has 0 spiro atoms. The van der Waals surface area contributed by atoms with Crippen LogP contribution < -0.4 is 5.73 Å². The van der Waals surface area contributed by atoms with Crippen molar-refractivity contribution in [2.24, 2.45) is 10.7 Å². The van der Waals surface area contributed by atoms with Gasteiger partial charge in [0.25, 0.3) is 0 Å². The summed E-state index contributed by atoms with van der Waals surface area (Å²) in [7, 11) is 0. The van der Waals surface area contributed by atoms with Gasteiger partial charge in [-0.25, -0.2) is 4.99 Å². The standard InChI is InChI=1S/C11H11F3N2.C6H12/c1-6-2-3-9-7(4-6)8(15)5-10(16-9)11(12,13)14;1-2-4-6-5-3-1/h2-4,8H,5,15H2,1H3;1-6H2. The lowest BCUT2D eigenvalue weighted by Gasteiger charge is -2.23. The molecule has 0 radical (unpaired) electrons. The molecule has 0 saturated heterocycles. The Kier molecular flexibility index (Phi) is 5.62. The zero-order valence-corrected chi connectivity index (χ0v) is 12.9. The van der Waals surface area contributed by atoms with E-state index >= 15 is 0 Å². The summed E-state index contributed by atoms with van der Waals surface area (Å²) < 4.78 is 37.5. The van der Waals surface area contributed by atoms with E-state index in [-0.39, 0.29) is 6.42 Å². The number of hydrogen-bond acceptors (Lipinski definition) is 2. The van der Waals surface area contributed by atoms with E-state index < -0.39 is 17.9 Å². The highest BCUT2D eigenvalue weighted by molar-refractivity contribution is 5.94. The molecule has 2 aliphatic rings. The second-order valence-electron chi connectivity index (χ2n) is 6.05. The molecule has 1 fully saturated rings. The normalized spacial score (nSPS) is 21.3. The van der Waals surface area contributed by atoms with Gasteiger partial charge in [-0.15, -0.1) is 0 Å². The van der Waals surface area contributed by atoms with Crippen LogP contribution in [0.3, 0.4) is 0 Å². The number of rotatable bonds is 0. The van der Waals surface area contributed by atoms with Crippen LogP contribution in [0.4, 0.5) is 18.9 Å². The number of benzene rings is 1. The van der Waals surface area contributed by atoms with Gasteiger partial charge in [-0.1, -0.05) is 56.2 Å². The monoisotopic (exact) mass is 312 g/mol. The Morgan fingerprint density at radius 1 is 1.05 bits per heavy atom. The zero-order valence-electron chi connectivity index (χ0n) is 12.9. The lowest BCUT2D eigenvalue weighted by molar-refractivity contribution is -0.0609. The molecule has 1 atom stereocenters. The van der Waals surface area contributed by atoms with Crippen LogP contribution in [-0.2, 0) is 0 Å². The van der Waals surface area contributed by atoms with Crippen molar-refractivity contribution in [3.05, 3.63) is 29.3 Å². The summed E-state index contributed by atoms with van der Waals surface area (Å²) in [6.07, 6.45) is 4.36. The molecular weight excluding hydrogens is 289 g/mol. The smallest absolute Gasteiger partial charge is 0.324 e. The minimum absolute atomic E-state index is 0.250. The predicted octanol–water partition coefficient (Wildman–Crippen LogP) is 5.37. The van der Waals surface area contributed by atoms with Gasteiger partial charge in [0.05, 0.1) is 5.69 Å². The number of aliphatic imine (C=N–C) groups is 1. The highest BCUT2D eigenvalue weighted by Gasteiger charge is 2.38. The van der Waals surface area contributed by atoms with Crippen molar-refractivity contribution in [1.29, 1.82) is 0 Å². The van der Waals surface area contributed by atoms with Crippen molar-refractivity contribution in [1.82, 2.24) is 0 Å². The van der Waals surface area contributed by atoms with Gasteiger partial charge in [0.1, 0.15) is 5.71 Å². The van der Waals surface area contributed by atoms with Crippen molar-refractivity contribution >= 4 is 11.4 Å². The molecule has 0 bridgehead atoms. The lowest BCUT2D eigenvalue weighted by atomic mass is 9.95. The van der Waals surface area contributed by atoms with E-state index in [4.69, 9.17) is 5.73 Å². The average Bonchev–Trinajstić information content (AvgIpc) is 2.49. The summed E-state index contributed by atoms with van der Waals surface area (Å²) in [5.74, 6) is 0.